The van der Waals surface area contributed by atoms with E-state index in [1.165, 1.54) is 70.6 Å². The van der Waals surface area contributed by atoms with Crippen LogP contribution in [0, 0.1) is 5.92 Å². The Hall–Kier alpha value is -1.43. The van der Waals surface area contributed by atoms with Gasteiger partial charge in [-0.2, -0.15) is 0 Å². The van der Waals surface area contributed by atoms with Gasteiger partial charge in [0, 0.05) is 6.42 Å². The average Bonchev–Trinajstić information content (AvgIpc) is 2.68. The van der Waals surface area contributed by atoms with Crippen molar-refractivity contribution in [3.05, 3.63) is 0 Å². The van der Waals surface area contributed by atoms with Crippen LogP contribution in [-0.4, -0.2) is 34.0 Å². The molecule has 170 valence electrons. The molecule has 6 heteroatoms. The molecule has 0 bridgehead atoms. The van der Waals surface area contributed by atoms with Crippen LogP contribution in [0.15, 0.2) is 0 Å². The van der Waals surface area contributed by atoms with Gasteiger partial charge in [0.05, 0.1) is 0 Å². The van der Waals surface area contributed by atoms with E-state index in [-0.39, 0.29) is 12.8 Å². The molecule has 0 aromatic heterocycles. The lowest BCUT2D eigenvalue weighted by atomic mass is 9.92. The third kappa shape index (κ3) is 16.1. The number of carbonyl (C=O) groups excluding carboxylic acids is 1. The van der Waals surface area contributed by atoms with Crippen molar-refractivity contribution in [2.75, 3.05) is 0 Å². The smallest absolute Gasteiger partial charge is 0.320 e. The van der Waals surface area contributed by atoms with Crippen molar-refractivity contribution in [1.29, 1.82) is 0 Å². The van der Waals surface area contributed by atoms with Gasteiger partial charge in [-0.1, -0.05) is 96.8 Å². The lowest BCUT2D eigenvalue weighted by Gasteiger charge is -2.13. The second kappa shape index (κ2) is 18.6. The Morgan fingerprint density at radius 2 is 1.03 bits per heavy atom. The number of rotatable bonds is 21. The Kier molecular flexibility index (Phi) is 17.7. The summed E-state index contributed by atoms with van der Waals surface area (Å²) in [6, 6.07) is -1.32. The van der Waals surface area contributed by atoms with E-state index in [2.05, 4.69) is 6.92 Å². The predicted molar refractivity (Wildman–Crippen MR) is 116 cm³/mol. The first-order valence-electron chi connectivity index (χ1n) is 11.6. The molecule has 0 radical (unpaired) electrons. The van der Waals surface area contributed by atoms with E-state index >= 15 is 0 Å². The average molecular weight is 414 g/mol. The highest BCUT2D eigenvalue weighted by molar-refractivity contribution is 5.98. The van der Waals surface area contributed by atoms with Gasteiger partial charge in [-0.05, 0) is 12.8 Å². The largest absolute Gasteiger partial charge is 0.481 e. The molecule has 2 unspecified atom stereocenters. The lowest BCUT2D eigenvalue weighted by molar-refractivity contribution is -0.147. The Labute approximate surface area is 176 Å². The second-order valence-electron chi connectivity index (χ2n) is 8.24. The molecule has 2 atom stereocenters. The molecule has 6 nitrogen and oxygen atoms in total. The van der Waals surface area contributed by atoms with Crippen LogP contribution in [0.1, 0.15) is 116 Å². The minimum atomic E-state index is -1.32. The Bertz CT molecular complexity index is 453. The first-order chi connectivity index (χ1) is 13.9. The first kappa shape index (κ1) is 27.6. The molecule has 0 aromatic rings. The quantitative estimate of drug-likeness (QED) is 0.173. The highest BCUT2D eigenvalue weighted by Crippen LogP contribution is 2.16. The van der Waals surface area contributed by atoms with E-state index < -0.39 is 29.7 Å². The van der Waals surface area contributed by atoms with Crippen molar-refractivity contribution in [2.45, 2.75) is 122 Å². The molecule has 0 heterocycles. The fourth-order valence-electron chi connectivity index (χ4n) is 3.57. The molecule has 0 aliphatic heterocycles. The van der Waals surface area contributed by atoms with Gasteiger partial charge in [0.1, 0.15) is 17.7 Å². The van der Waals surface area contributed by atoms with Gasteiger partial charge in [-0.3, -0.25) is 14.4 Å². The molecule has 29 heavy (non-hydrogen) atoms. The van der Waals surface area contributed by atoms with E-state index in [9.17, 15) is 14.4 Å². The van der Waals surface area contributed by atoms with E-state index in [0.717, 1.165) is 19.3 Å². The minimum absolute atomic E-state index is 0.182. The number of nitrogens with two attached hydrogens (primary N) is 1. The van der Waals surface area contributed by atoms with E-state index in [4.69, 9.17) is 15.9 Å². The SMILES string of the molecule is CCCCCCCCCCCCCCCCCC(=O)C(CC(N)C(=O)O)C(=O)O. The molecule has 0 rings (SSSR count). The van der Waals surface area contributed by atoms with Crippen molar-refractivity contribution < 1.29 is 24.6 Å². The molecule has 0 saturated carbocycles. The zero-order chi connectivity index (χ0) is 21.9. The van der Waals surface area contributed by atoms with Crippen LogP contribution in [0.25, 0.3) is 0 Å². The van der Waals surface area contributed by atoms with Crippen LogP contribution in [0.4, 0.5) is 0 Å². The Morgan fingerprint density at radius 1 is 0.655 bits per heavy atom. The van der Waals surface area contributed by atoms with Crippen molar-refractivity contribution in [1.82, 2.24) is 0 Å². The molecule has 0 aliphatic carbocycles. The summed E-state index contributed by atoms with van der Waals surface area (Å²) in [5.74, 6) is -4.29. The van der Waals surface area contributed by atoms with E-state index in [0.29, 0.717) is 6.42 Å². The van der Waals surface area contributed by atoms with Crippen molar-refractivity contribution in [3.8, 4) is 0 Å². The van der Waals surface area contributed by atoms with E-state index in [1.807, 2.05) is 0 Å². The molecule has 0 saturated heterocycles. The number of aliphatic carboxylic acids is 2. The molecular weight excluding hydrogens is 370 g/mol. The van der Waals surface area contributed by atoms with Gasteiger partial charge in [0.2, 0.25) is 0 Å². The maximum absolute atomic E-state index is 12.0. The minimum Gasteiger partial charge on any atom is -0.481 e. The summed E-state index contributed by atoms with van der Waals surface area (Å²) in [5.41, 5.74) is 5.36. The van der Waals surface area contributed by atoms with Crippen LogP contribution in [0.3, 0.4) is 0 Å². The maximum atomic E-state index is 12.0. The highest BCUT2D eigenvalue weighted by atomic mass is 16.4. The summed E-state index contributed by atoms with van der Waals surface area (Å²) < 4.78 is 0. The predicted octanol–water partition coefficient (Wildman–Crippen LogP) is 5.32. The van der Waals surface area contributed by atoms with Gasteiger partial charge in [0.25, 0.3) is 0 Å². The van der Waals surface area contributed by atoms with Crippen molar-refractivity contribution >= 4 is 17.7 Å². The zero-order valence-electron chi connectivity index (χ0n) is 18.4. The Morgan fingerprint density at radius 3 is 1.38 bits per heavy atom. The number of carbonyl (C=O) groups is 3. The van der Waals surface area contributed by atoms with Crippen LogP contribution < -0.4 is 5.73 Å². The van der Waals surface area contributed by atoms with Crippen LogP contribution in [0.2, 0.25) is 0 Å². The molecular formula is C23H43NO5. The monoisotopic (exact) mass is 413 g/mol. The van der Waals surface area contributed by atoms with Crippen LogP contribution in [0.5, 0.6) is 0 Å². The number of carboxylic acid groups (broad SMARTS) is 2. The zero-order valence-corrected chi connectivity index (χ0v) is 18.4. The van der Waals surface area contributed by atoms with Gasteiger partial charge in [0.15, 0.2) is 0 Å². The molecule has 4 N–H and O–H groups in total. The van der Waals surface area contributed by atoms with Crippen LogP contribution in [-0.2, 0) is 14.4 Å². The highest BCUT2D eigenvalue weighted by Gasteiger charge is 2.29. The summed E-state index contributed by atoms with van der Waals surface area (Å²) in [6.45, 7) is 2.25. The molecule has 0 amide bonds. The topological polar surface area (TPSA) is 118 Å². The van der Waals surface area contributed by atoms with E-state index in [1.54, 1.807) is 0 Å². The number of Topliss-reactive ketones (excluding diaryl/α,β-unsaturated/α-hetero) is 1. The third-order valence-corrected chi connectivity index (χ3v) is 5.52. The standard InChI is InChI=1S/C23H43NO5/c1-2-3-4-5-6-7-8-9-10-11-12-13-14-15-16-17-21(25)19(22(26)27)18-20(24)23(28)29/h19-20H,2-18,24H2,1H3,(H,26,27)(H,28,29). The summed E-state index contributed by atoms with van der Waals surface area (Å²) in [7, 11) is 0. The number of hydrogen-bond acceptors (Lipinski definition) is 4. The van der Waals surface area contributed by atoms with Gasteiger partial charge in [-0.15, -0.1) is 0 Å². The third-order valence-electron chi connectivity index (χ3n) is 5.52. The maximum Gasteiger partial charge on any atom is 0.320 e. The first-order valence-corrected chi connectivity index (χ1v) is 11.6. The summed E-state index contributed by atoms with van der Waals surface area (Å²) >= 11 is 0. The number of ketones is 1. The molecule has 0 aromatic carbocycles. The normalized spacial score (nSPS) is 13.2. The van der Waals surface area contributed by atoms with Crippen molar-refractivity contribution in [3.63, 3.8) is 0 Å². The summed E-state index contributed by atoms with van der Waals surface area (Å²) in [6.07, 6.45) is 18.3. The summed E-state index contributed by atoms with van der Waals surface area (Å²) in [5, 5.41) is 17.9. The van der Waals surface area contributed by atoms with Crippen molar-refractivity contribution in [2.24, 2.45) is 11.7 Å². The molecule has 0 aliphatic rings. The number of carboxylic acids is 2. The number of unbranched alkanes of at least 4 members (excludes halogenated alkanes) is 14. The lowest BCUT2D eigenvalue weighted by Crippen LogP contribution is -2.37. The summed E-state index contributed by atoms with van der Waals surface area (Å²) in [4.78, 5) is 34.0. The van der Waals surface area contributed by atoms with Crippen LogP contribution >= 0.6 is 0 Å². The molecule has 0 fully saturated rings. The fourth-order valence-corrected chi connectivity index (χ4v) is 3.57. The molecule has 0 spiro atoms. The van der Waals surface area contributed by atoms with Gasteiger partial charge < -0.3 is 15.9 Å². The Balaban J connectivity index is 3.58. The van der Waals surface area contributed by atoms with Gasteiger partial charge in [-0.25, -0.2) is 0 Å². The number of hydrogen-bond donors (Lipinski definition) is 3. The second-order valence-corrected chi connectivity index (χ2v) is 8.24. The fraction of sp³-hybridized carbons (Fsp3) is 0.870. The van der Waals surface area contributed by atoms with Gasteiger partial charge >= 0.3 is 11.9 Å².